The number of piperidine rings is 1. The molecule has 1 fully saturated rings. The Labute approximate surface area is 188 Å². The molecule has 162 valence electrons. The van der Waals surface area contributed by atoms with Gasteiger partial charge in [-0.2, -0.15) is 0 Å². The summed E-state index contributed by atoms with van der Waals surface area (Å²) in [5, 5.41) is 2.69. The van der Waals surface area contributed by atoms with Gasteiger partial charge in [0, 0.05) is 30.6 Å². The molecular formula is C20H29Cl2N3O3S. The number of hydrogen-bond donors (Lipinski definition) is 1. The van der Waals surface area contributed by atoms with Gasteiger partial charge in [0.1, 0.15) is 16.5 Å². The van der Waals surface area contributed by atoms with E-state index >= 15 is 0 Å². The lowest BCUT2D eigenvalue weighted by atomic mass is 10.1. The molecule has 0 spiro atoms. The standard InChI is InChI=1S/C20H27N3O3S.2ClH/c1-2-25-16-6-4-15(5-7-16)19-22-18(14-27-19)20(24)23-11-8-17(9-12-23)26-13-3-10-21;;/h4-7,14,17H,2-3,8-13,21H2,1H3;2*1H. The quantitative estimate of drug-likeness (QED) is 0.600. The van der Waals surface area contributed by atoms with Crippen molar-refractivity contribution in [2.24, 2.45) is 5.73 Å². The van der Waals surface area contributed by atoms with Crippen molar-refractivity contribution in [3.05, 3.63) is 35.3 Å². The van der Waals surface area contributed by atoms with E-state index in [-0.39, 0.29) is 36.8 Å². The van der Waals surface area contributed by atoms with Crippen molar-refractivity contribution in [3.63, 3.8) is 0 Å². The average Bonchev–Trinajstić information content (AvgIpc) is 3.19. The maximum absolute atomic E-state index is 12.7. The summed E-state index contributed by atoms with van der Waals surface area (Å²) in [6.45, 7) is 5.38. The van der Waals surface area contributed by atoms with Gasteiger partial charge >= 0.3 is 0 Å². The van der Waals surface area contributed by atoms with Crippen LogP contribution < -0.4 is 10.5 Å². The topological polar surface area (TPSA) is 77.7 Å². The van der Waals surface area contributed by atoms with Gasteiger partial charge in [0.2, 0.25) is 0 Å². The molecule has 1 aromatic carbocycles. The monoisotopic (exact) mass is 461 g/mol. The third-order valence-electron chi connectivity index (χ3n) is 4.57. The zero-order valence-electron chi connectivity index (χ0n) is 16.5. The Morgan fingerprint density at radius 3 is 2.55 bits per heavy atom. The number of amides is 1. The Balaban J connectivity index is 0.00000210. The summed E-state index contributed by atoms with van der Waals surface area (Å²) in [7, 11) is 0. The summed E-state index contributed by atoms with van der Waals surface area (Å²) in [5.41, 5.74) is 7.00. The van der Waals surface area contributed by atoms with Gasteiger partial charge in [-0.1, -0.05) is 0 Å². The van der Waals surface area contributed by atoms with Crippen LogP contribution in [0.25, 0.3) is 10.6 Å². The summed E-state index contributed by atoms with van der Waals surface area (Å²) in [5.74, 6) is 0.842. The van der Waals surface area contributed by atoms with Crippen molar-refractivity contribution in [1.29, 1.82) is 0 Å². The van der Waals surface area contributed by atoms with Crippen LogP contribution in [-0.2, 0) is 4.74 Å². The number of halogens is 2. The van der Waals surface area contributed by atoms with Gasteiger partial charge in [-0.25, -0.2) is 4.98 Å². The largest absolute Gasteiger partial charge is 0.494 e. The van der Waals surface area contributed by atoms with Gasteiger partial charge in [-0.15, -0.1) is 36.2 Å². The van der Waals surface area contributed by atoms with Crippen molar-refractivity contribution in [1.82, 2.24) is 9.88 Å². The summed E-state index contributed by atoms with van der Waals surface area (Å²) in [4.78, 5) is 19.2. The highest BCUT2D eigenvalue weighted by Crippen LogP contribution is 2.27. The molecule has 1 aromatic heterocycles. The third-order valence-corrected chi connectivity index (χ3v) is 5.46. The number of rotatable bonds is 8. The number of likely N-dealkylation sites (tertiary alicyclic amines) is 1. The second-order valence-electron chi connectivity index (χ2n) is 6.50. The third kappa shape index (κ3) is 7.12. The van der Waals surface area contributed by atoms with E-state index in [0.717, 1.165) is 35.6 Å². The number of carbonyl (C=O) groups is 1. The summed E-state index contributed by atoms with van der Waals surface area (Å²) in [6, 6.07) is 7.80. The van der Waals surface area contributed by atoms with Crippen LogP contribution >= 0.6 is 36.2 Å². The number of ether oxygens (including phenoxy) is 2. The molecular weight excluding hydrogens is 433 g/mol. The molecule has 1 aliphatic rings. The maximum atomic E-state index is 12.7. The van der Waals surface area contributed by atoms with E-state index < -0.39 is 0 Å². The highest BCUT2D eigenvalue weighted by Gasteiger charge is 2.25. The van der Waals surface area contributed by atoms with E-state index in [4.69, 9.17) is 15.2 Å². The van der Waals surface area contributed by atoms with Crippen LogP contribution in [0.1, 0.15) is 36.7 Å². The zero-order valence-corrected chi connectivity index (χ0v) is 19.0. The number of benzene rings is 1. The molecule has 0 bridgehead atoms. The van der Waals surface area contributed by atoms with Crippen LogP contribution in [0.15, 0.2) is 29.6 Å². The predicted molar refractivity (Wildman–Crippen MR) is 122 cm³/mol. The molecule has 6 nitrogen and oxygen atoms in total. The van der Waals surface area contributed by atoms with Crippen LogP contribution in [0.2, 0.25) is 0 Å². The molecule has 0 aliphatic carbocycles. The van der Waals surface area contributed by atoms with Crippen molar-refractivity contribution in [2.75, 3.05) is 32.8 Å². The lowest BCUT2D eigenvalue weighted by Crippen LogP contribution is -2.41. The smallest absolute Gasteiger partial charge is 0.273 e. The van der Waals surface area contributed by atoms with E-state index in [1.165, 1.54) is 11.3 Å². The minimum atomic E-state index is 0. The van der Waals surface area contributed by atoms with E-state index in [0.29, 0.717) is 38.5 Å². The van der Waals surface area contributed by atoms with Crippen LogP contribution in [0.5, 0.6) is 5.75 Å². The average molecular weight is 462 g/mol. The van der Waals surface area contributed by atoms with Crippen molar-refractivity contribution in [3.8, 4) is 16.3 Å². The normalized spacial score (nSPS) is 14.1. The van der Waals surface area contributed by atoms with E-state index in [1.807, 2.05) is 41.5 Å². The lowest BCUT2D eigenvalue weighted by molar-refractivity contribution is 0.00831. The number of thiazole rings is 1. The van der Waals surface area contributed by atoms with E-state index in [9.17, 15) is 4.79 Å². The van der Waals surface area contributed by atoms with Crippen LogP contribution in [0.4, 0.5) is 0 Å². The zero-order chi connectivity index (χ0) is 19.1. The number of nitrogens with zero attached hydrogens (tertiary/aromatic N) is 2. The Bertz CT molecular complexity index is 735. The molecule has 2 heterocycles. The molecule has 1 amide bonds. The molecule has 1 saturated heterocycles. The first-order chi connectivity index (χ1) is 13.2. The SMILES string of the molecule is CCOc1ccc(-c2nc(C(=O)N3CCC(OCCCN)CC3)cs2)cc1.Cl.Cl. The summed E-state index contributed by atoms with van der Waals surface area (Å²) < 4.78 is 11.3. The number of carbonyl (C=O) groups excluding carboxylic acids is 1. The maximum Gasteiger partial charge on any atom is 0.273 e. The first-order valence-corrected chi connectivity index (χ1v) is 10.4. The molecule has 29 heavy (non-hydrogen) atoms. The summed E-state index contributed by atoms with van der Waals surface area (Å²) in [6.07, 6.45) is 2.85. The van der Waals surface area contributed by atoms with Gasteiger partial charge < -0.3 is 20.1 Å². The first kappa shape index (κ1) is 25.7. The second kappa shape index (κ2) is 13.0. The minimum absolute atomic E-state index is 0. The molecule has 2 N–H and O–H groups in total. The molecule has 1 aliphatic heterocycles. The fourth-order valence-electron chi connectivity index (χ4n) is 3.09. The number of hydrogen-bond acceptors (Lipinski definition) is 6. The summed E-state index contributed by atoms with van der Waals surface area (Å²) >= 11 is 1.49. The molecule has 0 radical (unpaired) electrons. The lowest BCUT2D eigenvalue weighted by Gasteiger charge is -2.31. The van der Waals surface area contributed by atoms with Gasteiger partial charge in [0.05, 0.1) is 12.7 Å². The van der Waals surface area contributed by atoms with Crippen molar-refractivity contribution >= 4 is 42.1 Å². The number of aromatic nitrogens is 1. The highest BCUT2D eigenvalue weighted by molar-refractivity contribution is 7.13. The molecule has 0 saturated carbocycles. The highest BCUT2D eigenvalue weighted by atomic mass is 35.5. The Morgan fingerprint density at radius 1 is 1.24 bits per heavy atom. The Kier molecular flexibility index (Phi) is 11.5. The fourth-order valence-corrected chi connectivity index (χ4v) is 3.89. The van der Waals surface area contributed by atoms with Crippen LogP contribution in [0.3, 0.4) is 0 Å². The predicted octanol–water partition coefficient (Wildman–Crippen LogP) is 4.02. The Hall–Kier alpha value is -1.38. The van der Waals surface area contributed by atoms with Crippen molar-refractivity contribution < 1.29 is 14.3 Å². The molecule has 2 aromatic rings. The molecule has 9 heteroatoms. The fraction of sp³-hybridized carbons (Fsp3) is 0.500. The van der Waals surface area contributed by atoms with E-state index in [2.05, 4.69) is 4.98 Å². The van der Waals surface area contributed by atoms with Crippen LogP contribution in [0, 0.1) is 0 Å². The van der Waals surface area contributed by atoms with Gasteiger partial charge in [-0.05, 0) is 57.0 Å². The van der Waals surface area contributed by atoms with E-state index in [1.54, 1.807) is 0 Å². The first-order valence-electron chi connectivity index (χ1n) is 9.51. The second-order valence-corrected chi connectivity index (χ2v) is 7.36. The molecule has 3 rings (SSSR count). The van der Waals surface area contributed by atoms with Crippen LogP contribution in [-0.4, -0.2) is 54.7 Å². The van der Waals surface area contributed by atoms with Crippen molar-refractivity contribution in [2.45, 2.75) is 32.3 Å². The Morgan fingerprint density at radius 2 is 1.93 bits per heavy atom. The minimum Gasteiger partial charge on any atom is -0.494 e. The van der Waals surface area contributed by atoms with Gasteiger partial charge in [0.15, 0.2) is 0 Å². The van der Waals surface area contributed by atoms with Gasteiger partial charge in [0.25, 0.3) is 5.91 Å². The molecule has 0 atom stereocenters. The number of nitrogens with two attached hydrogens (primary N) is 1. The van der Waals surface area contributed by atoms with Gasteiger partial charge in [-0.3, -0.25) is 4.79 Å². The molecule has 0 unspecified atom stereocenters.